The molecule has 7 nitrogen and oxygen atoms in total. The van der Waals surface area contributed by atoms with Gasteiger partial charge in [0.2, 0.25) is 11.9 Å². The van der Waals surface area contributed by atoms with Crippen molar-refractivity contribution in [1.29, 1.82) is 0 Å². The lowest BCUT2D eigenvalue weighted by Gasteiger charge is -2.02. The van der Waals surface area contributed by atoms with E-state index in [4.69, 9.17) is 5.53 Å². The monoisotopic (exact) mass is 153 g/mol. The van der Waals surface area contributed by atoms with Gasteiger partial charge in [-0.2, -0.15) is 4.98 Å². The Labute approximate surface area is 62.7 Å². The highest BCUT2D eigenvalue weighted by Crippen LogP contribution is 2.08. The smallest absolute Gasteiger partial charge is 0.244 e. The lowest BCUT2D eigenvalue weighted by Crippen LogP contribution is -2.10. The van der Waals surface area contributed by atoms with Gasteiger partial charge in [-0.3, -0.25) is 5.10 Å². The molecule has 1 aromatic rings. The maximum atomic E-state index is 8.02. The fraction of sp³-hybridized carbons (Fsp3) is 0.500. The van der Waals surface area contributed by atoms with Crippen molar-refractivity contribution in [2.75, 3.05) is 19.0 Å². The second-order valence-corrected chi connectivity index (χ2v) is 2.04. The number of azide groups is 1. The second-order valence-electron chi connectivity index (χ2n) is 2.04. The third-order valence-electron chi connectivity index (χ3n) is 1.00. The number of nitrogens with one attached hydrogen (secondary N) is 1. The van der Waals surface area contributed by atoms with E-state index in [-0.39, 0.29) is 5.95 Å². The number of anilines is 1. The van der Waals surface area contributed by atoms with Gasteiger partial charge in [-0.1, -0.05) is 0 Å². The average Bonchev–Trinajstić information content (AvgIpc) is 2.37. The summed E-state index contributed by atoms with van der Waals surface area (Å²) in [6.45, 7) is 0. The summed E-state index contributed by atoms with van der Waals surface area (Å²) in [6, 6.07) is 0. The van der Waals surface area contributed by atoms with Crippen LogP contribution in [-0.2, 0) is 0 Å². The topological polar surface area (TPSA) is 93.6 Å². The molecule has 0 aliphatic carbocycles. The molecule has 0 bridgehead atoms. The molecule has 7 heteroatoms. The van der Waals surface area contributed by atoms with Crippen molar-refractivity contribution in [1.82, 2.24) is 15.2 Å². The molecule has 1 rings (SSSR count). The fourth-order valence-corrected chi connectivity index (χ4v) is 0.532. The number of nitrogens with zero attached hydrogens (tertiary/aromatic N) is 6. The van der Waals surface area contributed by atoms with E-state index in [0.717, 1.165) is 0 Å². The molecule has 0 aliphatic rings. The molecule has 58 valence electrons. The van der Waals surface area contributed by atoms with Crippen LogP contribution in [0.25, 0.3) is 10.4 Å². The van der Waals surface area contributed by atoms with Gasteiger partial charge in [-0.25, -0.2) is 0 Å². The summed E-state index contributed by atoms with van der Waals surface area (Å²) in [5.74, 6) is 0.670. The first-order valence-corrected chi connectivity index (χ1v) is 2.89. The Balaban J connectivity index is 2.90. The summed E-state index contributed by atoms with van der Waals surface area (Å²) in [4.78, 5) is 8.09. The van der Waals surface area contributed by atoms with Crippen LogP contribution in [0.2, 0.25) is 0 Å². The van der Waals surface area contributed by atoms with Crippen LogP contribution in [-0.4, -0.2) is 29.3 Å². The summed E-state index contributed by atoms with van der Waals surface area (Å²) in [5, 5.41) is 9.46. The van der Waals surface area contributed by atoms with Crippen LogP contribution in [0.4, 0.5) is 11.9 Å². The van der Waals surface area contributed by atoms with E-state index in [9.17, 15) is 0 Å². The molecule has 11 heavy (non-hydrogen) atoms. The third kappa shape index (κ3) is 1.59. The van der Waals surface area contributed by atoms with Crippen LogP contribution in [0.5, 0.6) is 0 Å². The molecule has 1 heterocycles. The molecule has 0 radical (unpaired) electrons. The standard InChI is InChI=1S/C4H7N7/c1-11(2)4-6-3(7-9-4)8-10-5/h1-2H3,(H,6,7,9). The highest BCUT2D eigenvalue weighted by atomic mass is 15.4. The van der Waals surface area contributed by atoms with Crippen molar-refractivity contribution in [3.8, 4) is 0 Å². The fourth-order valence-electron chi connectivity index (χ4n) is 0.532. The Morgan fingerprint density at radius 1 is 1.64 bits per heavy atom. The van der Waals surface area contributed by atoms with Crippen LogP contribution < -0.4 is 4.90 Å². The molecule has 0 spiro atoms. The Hall–Kier alpha value is -1.75. The van der Waals surface area contributed by atoms with Crippen LogP contribution in [0, 0.1) is 0 Å². The minimum absolute atomic E-state index is 0.177. The number of hydrogen-bond donors (Lipinski definition) is 1. The van der Waals surface area contributed by atoms with Gasteiger partial charge in [0.05, 0.1) is 0 Å². The molecule has 0 saturated carbocycles. The summed E-state index contributed by atoms with van der Waals surface area (Å²) >= 11 is 0. The molecule has 0 fully saturated rings. The van der Waals surface area contributed by atoms with Crippen LogP contribution in [0.3, 0.4) is 0 Å². The second kappa shape index (κ2) is 2.89. The first-order chi connectivity index (χ1) is 5.24. The minimum Gasteiger partial charge on any atom is -0.346 e. The van der Waals surface area contributed by atoms with E-state index in [1.54, 1.807) is 19.0 Å². The molecule has 0 atom stereocenters. The molecular weight excluding hydrogens is 146 g/mol. The normalized spacial score (nSPS) is 8.91. The molecular formula is C4H7N7. The van der Waals surface area contributed by atoms with Gasteiger partial charge in [0.1, 0.15) is 0 Å². The Morgan fingerprint density at radius 3 is 2.82 bits per heavy atom. The summed E-state index contributed by atoms with van der Waals surface area (Å²) in [5.41, 5.74) is 8.02. The third-order valence-corrected chi connectivity index (χ3v) is 1.00. The number of hydrogen-bond acceptors (Lipinski definition) is 4. The Bertz CT molecular complexity index is 280. The number of rotatable bonds is 2. The zero-order valence-corrected chi connectivity index (χ0v) is 6.18. The lowest BCUT2D eigenvalue weighted by atomic mass is 10.8. The molecule has 1 aromatic heterocycles. The van der Waals surface area contributed by atoms with Crippen molar-refractivity contribution in [3.63, 3.8) is 0 Å². The minimum atomic E-state index is 0.177. The lowest BCUT2D eigenvalue weighted by molar-refractivity contribution is 0.998. The summed E-state index contributed by atoms with van der Waals surface area (Å²) < 4.78 is 0. The first kappa shape index (κ1) is 7.36. The van der Waals surface area contributed by atoms with Gasteiger partial charge < -0.3 is 4.90 Å². The quantitative estimate of drug-likeness (QED) is 0.387. The maximum absolute atomic E-state index is 8.02. The van der Waals surface area contributed by atoms with Crippen LogP contribution >= 0.6 is 0 Å². The number of aromatic amines is 1. The van der Waals surface area contributed by atoms with E-state index < -0.39 is 0 Å². The predicted octanol–water partition coefficient (Wildman–Crippen LogP) is 0.812. The highest BCUT2D eigenvalue weighted by molar-refractivity contribution is 5.30. The molecule has 0 saturated heterocycles. The summed E-state index contributed by atoms with van der Waals surface area (Å²) in [6.07, 6.45) is 0. The molecule has 0 amide bonds. The van der Waals surface area contributed by atoms with Crippen molar-refractivity contribution in [3.05, 3.63) is 10.4 Å². The van der Waals surface area contributed by atoms with E-state index in [1.807, 2.05) is 0 Å². The van der Waals surface area contributed by atoms with E-state index in [1.165, 1.54) is 0 Å². The zero-order valence-electron chi connectivity index (χ0n) is 6.18. The van der Waals surface area contributed by atoms with Gasteiger partial charge in [-0.15, -0.1) is 5.10 Å². The van der Waals surface area contributed by atoms with E-state index in [0.29, 0.717) is 5.95 Å². The molecule has 0 aromatic carbocycles. The highest BCUT2D eigenvalue weighted by Gasteiger charge is 2.00. The van der Waals surface area contributed by atoms with Gasteiger partial charge in [0, 0.05) is 19.0 Å². The van der Waals surface area contributed by atoms with Gasteiger partial charge >= 0.3 is 0 Å². The van der Waals surface area contributed by atoms with E-state index in [2.05, 4.69) is 25.2 Å². The molecule has 1 N–H and O–H groups in total. The van der Waals surface area contributed by atoms with Gasteiger partial charge in [0.15, 0.2) is 0 Å². The largest absolute Gasteiger partial charge is 0.346 e. The van der Waals surface area contributed by atoms with Crippen molar-refractivity contribution in [2.24, 2.45) is 5.11 Å². The average molecular weight is 153 g/mol. The predicted molar refractivity (Wildman–Crippen MR) is 39.5 cm³/mol. The SMILES string of the molecule is CN(C)c1n[nH]c(N=[N+]=[N-])n1. The molecule has 0 unspecified atom stereocenters. The maximum Gasteiger partial charge on any atom is 0.244 e. The zero-order chi connectivity index (χ0) is 8.27. The summed E-state index contributed by atoms with van der Waals surface area (Å²) in [7, 11) is 3.59. The molecule has 0 aliphatic heterocycles. The number of H-pyrrole nitrogens is 1. The number of aromatic nitrogens is 3. The van der Waals surface area contributed by atoms with Crippen LogP contribution in [0.15, 0.2) is 5.11 Å². The Morgan fingerprint density at radius 2 is 2.36 bits per heavy atom. The van der Waals surface area contributed by atoms with Crippen molar-refractivity contribution in [2.45, 2.75) is 0 Å². The first-order valence-electron chi connectivity index (χ1n) is 2.89. The van der Waals surface area contributed by atoms with Crippen molar-refractivity contribution >= 4 is 11.9 Å². The van der Waals surface area contributed by atoms with Gasteiger partial charge in [-0.05, 0) is 10.6 Å². The van der Waals surface area contributed by atoms with E-state index >= 15 is 0 Å². The van der Waals surface area contributed by atoms with Gasteiger partial charge in [0.25, 0.3) is 0 Å². The van der Waals surface area contributed by atoms with Crippen LogP contribution in [0.1, 0.15) is 0 Å². The Kier molecular flexibility index (Phi) is 1.93. The van der Waals surface area contributed by atoms with Crippen molar-refractivity contribution < 1.29 is 0 Å².